The van der Waals surface area contributed by atoms with E-state index in [0.29, 0.717) is 12.1 Å². The van der Waals surface area contributed by atoms with Crippen molar-refractivity contribution in [2.45, 2.75) is 44.8 Å². The predicted molar refractivity (Wildman–Crippen MR) is 77.6 cm³/mol. The molecule has 0 spiro atoms. The molecule has 1 aliphatic heterocycles. The van der Waals surface area contributed by atoms with Gasteiger partial charge in [-0.1, -0.05) is 25.1 Å². The Balaban J connectivity index is 1.72. The van der Waals surface area contributed by atoms with Crippen LogP contribution in [0.15, 0.2) is 30.3 Å². The van der Waals surface area contributed by atoms with E-state index < -0.39 is 0 Å². The van der Waals surface area contributed by atoms with Crippen LogP contribution < -0.4 is 10.1 Å². The lowest BCUT2D eigenvalue weighted by atomic mass is 10.1. The normalized spacial score (nSPS) is 20.4. The third-order valence-electron chi connectivity index (χ3n) is 3.55. The molecular weight excluding hydrogens is 238 g/mol. The van der Waals surface area contributed by atoms with Gasteiger partial charge in [-0.2, -0.15) is 0 Å². The number of para-hydroxylation sites is 1. The molecular formula is C16H25NO2. The molecule has 1 aromatic rings. The first-order valence-electron chi connectivity index (χ1n) is 7.41. The highest BCUT2D eigenvalue weighted by Crippen LogP contribution is 2.18. The minimum atomic E-state index is 0.411. The maximum absolute atomic E-state index is 5.83. The van der Waals surface area contributed by atoms with Crippen molar-refractivity contribution in [3.05, 3.63) is 30.3 Å². The Hall–Kier alpha value is -1.06. The molecule has 19 heavy (non-hydrogen) atoms. The van der Waals surface area contributed by atoms with Gasteiger partial charge in [-0.15, -0.1) is 0 Å². The number of benzene rings is 1. The number of nitrogens with one attached hydrogen (secondary N) is 1. The van der Waals surface area contributed by atoms with Crippen molar-refractivity contribution in [1.82, 2.24) is 5.32 Å². The maximum atomic E-state index is 5.83. The number of ether oxygens (including phenoxy) is 2. The zero-order valence-electron chi connectivity index (χ0n) is 11.8. The van der Waals surface area contributed by atoms with Crippen molar-refractivity contribution in [3.63, 3.8) is 0 Å². The summed E-state index contributed by atoms with van der Waals surface area (Å²) in [6.45, 7) is 4.79. The van der Waals surface area contributed by atoms with E-state index in [1.54, 1.807) is 0 Å². The molecule has 0 aliphatic carbocycles. The first kappa shape index (κ1) is 14.4. The van der Waals surface area contributed by atoms with E-state index >= 15 is 0 Å². The maximum Gasteiger partial charge on any atom is 0.119 e. The molecule has 0 radical (unpaired) electrons. The third kappa shape index (κ3) is 5.21. The predicted octanol–water partition coefficient (Wildman–Crippen LogP) is 3.00. The standard InChI is InChI=1S/C16H25NO2/c1-2-17-14(10-11-16-9-6-12-18-16)13-19-15-7-4-3-5-8-15/h3-5,7-8,14,16-17H,2,6,9-13H2,1H3. The lowest BCUT2D eigenvalue weighted by molar-refractivity contribution is 0.0972. The first-order chi connectivity index (χ1) is 9.38. The monoisotopic (exact) mass is 263 g/mol. The van der Waals surface area contributed by atoms with Gasteiger partial charge in [0.15, 0.2) is 0 Å². The van der Waals surface area contributed by atoms with Crippen LogP contribution in [0.3, 0.4) is 0 Å². The minimum absolute atomic E-state index is 0.411. The van der Waals surface area contributed by atoms with Crippen molar-refractivity contribution in [1.29, 1.82) is 0 Å². The summed E-state index contributed by atoms with van der Waals surface area (Å²) in [5.74, 6) is 0.947. The zero-order chi connectivity index (χ0) is 13.3. The lowest BCUT2D eigenvalue weighted by Gasteiger charge is -2.20. The van der Waals surface area contributed by atoms with Gasteiger partial charge in [-0.05, 0) is 44.4 Å². The smallest absolute Gasteiger partial charge is 0.119 e. The largest absolute Gasteiger partial charge is 0.492 e. The molecule has 0 aromatic heterocycles. The van der Waals surface area contributed by atoms with E-state index in [9.17, 15) is 0 Å². The van der Waals surface area contributed by atoms with E-state index in [-0.39, 0.29) is 0 Å². The average Bonchev–Trinajstić information content (AvgIpc) is 2.96. The van der Waals surface area contributed by atoms with Crippen molar-refractivity contribution in [2.75, 3.05) is 19.8 Å². The Morgan fingerprint density at radius 1 is 1.37 bits per heavy atom. The molecule has 0 bridgehead atoms. The summed E-state index contributed by atoms with van der Waals surface area (Å²) < 4.78 is 11.5. The van der Waals surface area contributed by atoms with Crippen LogP contribution in [-0.4, -0.2) is 31.9 Å². The summed E-state index contributed by atoms with van der Waals surface area (Å²) in [5, 5.41) is 3.50. The molecule has 1 saturated heterocycles. The first-order valence-corrected chi connectivity index (χ1v) is 7.41. The summed E-state index contributed by atoms with van der Waals surface area (Å²) in [4.78, 5) is 0. The van der Waals surface area contributed by atoms with Gasteiger partial charge in [0.2, 0.25) is 0 Å². The molecule has 1 aliphatic rings. The summed E-state index contributed by atoms with van der Waals surface area (Å²) in [5.41, 5.74) is 0. The molecule has 1 N–H and O–H groups in total. The van der Waals surface area contributed by atoms with Gasteiger partial charge >= 0.3 is 0 Å². The highest BCUT2D eigenvalue weighted by atomic mass is 16.5. The fourth-order valence-corrected chi connectivity index (χ4v) is 2.51. The molecule has 1 heterocycles. The lowest BCUT2D eigenvalue weighted by Crippen LogP contribution is -2.35. The summed E-state index contributed by atoms with van der Waals surface area (Å²) in [6, 6.07) is 10.4. The molecule has 0 amide bonds. The molecule has 1 fully saturated rings. The van der Waals surface area contributed by atoms with E-state index in [1.807, 2.05) is 30.3 Å². The van der Waals surface area contributed by atoms with Crippen molar-refractivity contribution >= 4 is 0 Å². The van der Waals surface area contributed by atoms with Gasteiger partial charge in [0.1, 0.15) is 12.4 Å². The topological polar surface area (TPSA) is 30.5 Å². The number of rotatable bonds is 8. The molecule has 2 rings (SSSR count). The molecule has 2 unspecified atom stereocenters. The highest BCUT2D eigenvalue weighted by molar-refractivity contribution is 5.20. The van der Waals surface area contributed by atoms with Crippen LogP contribution in [0.4, 0.5) is 0 Å². The fraction of sp³-hybridized carbons (Fsp3) is 0.625. The summed E-state index contributed by atoms with van der Waals surface area (Å²) in [7, 11) is 0. The van der Waals surface area contributed by atoms with E-state index in [4.69, 9.17) is 9.47 Å². The zero-order valence-corrected chi connectivity index (χ0v) is 11.8. The second-order valence-electron chi connectivity index (χ2n) is 5.09. The van der Waals surface area contributed by atoms with Crippen LogP contribution >= 0.6 is 0 Å². The SMILES string of the molecule is CCNC(CCC1CCCO1)COc1ccccc1. The number of likely N-dealkylation sites (N-methyl/N-ethyl adjacent to an activating group) is 1. The minimum Gasteiger partial charge on any atom is -0.492 e. The molecule has 106 valence electrons. The molecule has 0 saturated carbocycles. The van der Waals surface area contributed by atoms with E-state index in [2.05, 4.69) is 12.2 Å². The van der Waals surface area contributed by atoms with Crippen LogP contribution in [0.25, 0.3) is 0 Å². The van der Waals surface area contributed by atoms with Crippen LogP contribution in [0.5, 0.6) is 5.75 Å². The molecule has 1 aromatic carbocycles. The average molecular weight is 263 g/mol. The third-order valence-corrected chi connectivity index (χ3v) is 3.55. The summed E-state index contributed by atoms with van der Waals surface area (Å²) in [6.07, 6.45) is 5.16. The fourth-order valence-electron chi connectivity index (χ4n) is 2.51. The number of hydrogen-bond acceptors (Lipinski definition) is 3. The Morgan fingerprint density at radius 3 is 2.89 bits per heavy atom. The van der Waals surface area contributed by atoms with Crippen molar-refractivity contribution in [2.24, 2.45) is 0 Å². The summed E-state index contributed by atoms with van der Waals surface area (Å²) >= 11 is 0. The second kappa shape index (κ2) is 8.18. The van der Waals surface area contributed by atoms with Crippen LogP contribution in [0.1, 0.15) is 32.6 Å². The van der Waals surface area contributed by atoms with Crippen molar-refractivity contribution in [3.8, 4) is 5.75 Å². The van der Waals surface area contributed by atoms with Gasteiger partial charge in [-0.25, -0.2) is 0 Å². The van der Waals surface area contributed by atoms with Gasteiger partial charge in [0.25, 0.3) is 0 Å². The van der Waals surface area contributed by atoms with Crippen LogP contribution in [0.2, 0.25) is 0 Å². The van der Waals surface area contributed by atoms with E-state index in [0.717, 1.165) is 38.3 Å². The molecule has 3 nitrogen and oxygen atoms in total. The Labute approximate surface area is 116 Å². The highest BCUT2D eigenvalue weighted by Gasteiger charge is 2.17. The van der Waals surface area contributed by atoms with Gasteiger partial charge in [-0.3, -0.25) is 0 Å². The Bertz CT molecular complexity index is 336. The molecule has 2 atom stereocenters. The second-order valence-corrected chi connectivity index (χ2v) is 5.09. The van der Waals surface area contributed by atoms with Gasteiger partial charge < -0.3 is 14.8 Å². The van der Waals surface area contributed by atoms with Crippen LogP contribution in [-0.2, 0) is 4.74 Å². The Morgan fingerprint density at radius 2 is 2.21 bits per heavy atom. The number of hydrogen-bond donors (Lipinski definition) is 1. The Kier molecular flexibility index (Phi) is 6.18. The van der Waals surface area contributed by atoms with Crippen LogP contribution in [0, 0.1) is 0 Å². The van der Waals surface area contributed by atoms with Gasteiger partial charge in [0, 0.05) is 12.6 Å². The van der Waals surface area contributed by atoms with Crippen molar-refractivity contribution < 1.29 is 9.47 Å². The quantitative estimate of drug-likeness (QED) is 0.782. The van der Waals surface area contributed by atoms with Gasteiger partial charge in [0.05, 0.1) is 6.10 Å². The van der Waals surface area contributed by atoms with E-state index in [1.165, 1.54) is 12.8 Å². The molecule has 3 heteroatoms.